The normalized spacial score (nSPS) is 17.2. The van der Waals surface area contributed by atoms with Crippen LogP contribution in [0.15, 0.2) is 24.3 Å². The Morgan fingerprint density at radius 1 is 1.35 bits per heavy atom. The number of carbonyl (C=O) groups excluding carboxylic acids is 1. The molecule has 23 heavy (non-hydrogen) atoms. The van der Waals surface area contributed by atoms with E-state index in [1.165, 1.54) is 0 Å². The van der Waals surface area contributed by atoms with Gasteiger partial charge in [-0.25, -0.2) is 4.79 Å². The molecule has 128 valence electrons. The van der Waals surface area contributed by atoms with Crippen LogP contribution in [0.4, 0.5) is 10.5 Å². The van der Waals surface area contributed by atoms with Crippen LogP contribution in [0.25, 0.3) is 0 Å². The van der Waals surface area contributed by atoms with Gasteiger partial charge in [-0.05, 0) is 37.5 Å². The highest BCUT2D eigenvalue weighted by Crippen LogP contribution is 2.12. The van der Waals surface area contributed by atoms with E-state index in [9.17, 15) is 4.79 Å². The molecule has 0 aromatic heterocycles. The largest absolute Gasteiger partial charge is 0.379 e. The summed E-state index contributed by atoms with van der Waals surface area (Å²) in [4.78, 5) is 11.9. The van der Waals surface area contributed by atoms with Gasteiger partial charge in [0.25, 0.3) is 0 Å². The molecule has 1 aromatic carbocycles. The fourth-order valence-corrected chi connectivity index (χ4v) is 2.38. The Morgan fingerprint density at radius 3 is 3.00 bits per heavy atom. The molecule has 1 aliphatic heterocycles. The van der Waals surface area contributed by atoms with Crippen LogP contribution in [0.5, 0.6) is 0 Å². The van der Waals surface area contributed by atoms with Crippen LogP contribution in [-0.4, -0.2) is 45.1 Å². The van der Waals surface area contributed by atoms with Crippen LogP contribution < -0.4 is 10.6 Å². The highest BCUT2D eigenvalue weighted by Gasteiger charge is 2.16. The summed E-state index contributed by atoms with van der Waals surface area (Å²) in [6.45, 7) is 5.65. The first-order chi connectivity index (χ1) is 11.3. The number of ether oxygens (including phenoxy) is 3. The first kappa shape index (κ1) is 17.7. The van der Waals surface area contributed by atoms with Crippen molar-refractivity contribution in [3.05, 3.63) is 29.8 Å². The van der Waals surface area contributed by atoms with Gasteiger partial charge in [0.1, 0.15) is 0 Å². The van der Waals surface area contributed by atoms with E-state index in [0.29, 0.717) is 33.0 Å². The summed E-state index contributed by atoms with van der Waals surface area (Å²) in [7, 11) is 0. The second kappa shape index (κ2) is 10.2. The molecule has 6 heteroatoms. The first-order valence-electron chi connectivity index (χ1n) is 8.19. The lowest BCUT2D eigenvalue weighted by molar-refractivity contribution is 0.0453. The highest BCUT2D eigenvalue weighted by molar-refractivity contribution is 5.89. The summed E-state index contributed by atoms with van der Waals surface area (Å²) >= 11 is 0. The number of benzene rings is 1. The monoisotopic (exact) mass is 322 g/mol. The number of amides is 2. The van der Waals surface area contributed by atoms with E-state index in [4.69, 9.17) is 14.2 Å². The Morgan fingerprint density at radius 2 is 2.22 bits per heavy atom. The molecular weight excluding hydrogens is 296 g/mol. The van der Waals surface area contributed by atoms with Crippen molar-refractivity contribution in [3.8, 4) is 0 Å². The van der Waals surface area contributed by atoms with Crippen LogP contribution in [0.1, 0.15) is 25.3 Å². The van der Waals surface area contributed by atoms with E-state index in [0.717, 1.165) is 30.7 Å². The maximum Gasteiger partial charge on any atom is 0.319 e. The lowest BCUT2D eigenvalue weighted by atomic mass is 10.2. The molecule has 0 saturated carbocycles. The molecule has 1 unspecified atom stereocenters. The average Bonchev–Trinajstić information content (AvgIpc) is 3.07. The standard InChI is InChI=1S/C17H26N2O4/c1-2-21-9-10-22-13-14-5-3-6-15(11-14)19-17(20)18-12-16-7-4-8-23-16/h3,5-6,11,16H,2,4,7-10,12-13H2,1H3,(H2,18,19,20). The Kier molecular flexibility index (Phi) is 7.86. The van der Waals surface area contributed by atoms with E-state index in [1.807, 2.05) is 31.2 Å². The van der Waals surface area contributed by atoms with Gasteiger partial charge in [0, 0.05) is 25.4 Å². The van der Waals surface area contributed by atoms with E-state index >= 15 is 0 Å². The van der Waals surface area contributed by atoms with Gasteiger partial charge >= 0.3 is 6.03 Å². The maximum atomic E-state index is 11.9. The number of anilines is 1. The molecule has 0 aliphatic carbocycles. The second-order valence-corrected chi connectivity index (χ2v) is 5.42. The third-order valence-electron chi connectivity index (χ3n) is 3.54. The van der Waals surface area contributed by atoms with E-state index in [2.05, 4.69) is 10.6 Å². The molecule has 1 saturated heterocycles. The number of urea groups is 1. The van der Waals surface area contributed by atoms with Crippen molar-refractivity contribution < 1.29 is 19.0 Å². The predicted octanol–water partition coefficient (Wildman–Crippen LogP) is 2.54. The molecule has 1 aliphatic rings. The van der Waals surface area contributed by atoms with Gasteiger partial charge in [0.2, 0.25) is 0 Å². The van der Waals surface area contributed by atoms with Crippen molar-refractivity contribution in [3.63, 3.8) is 0 Å². The molecular formula is C17H26N2O4. The summed E-state index contributed by atoms with van der Waals surface area (Å²) in [5, 5.41) is 5.67. The predicted molar refractivity (Wildman–Crippen MR) is 88.6 cm³/mol. The quantitative estimate of drug-likeness (QED) is 0.686. The van der Waals surface area contributed by atoms with Crippen molar-refractivity contribution >= 4 is 11.7 Å². The van der Waals surface area contributed by atoms with Gasteiger partial charge in [0.15, 0.2) is 0 Å². The minimum absolute atomic E-state index is 0.144. The maximum absolute atomic E-state index is 11.9. The molecule has 1 fully saturated rings. The SMILES string of the molecule is CCOCCOCc1cccc(NC(=O)NCC2CCCO2)c1. The van der Waals surface area contributed by atoms with Crippen molar-refractivity contribution in [1.82, 2.24) is 5.32 Å². The van der Waals surface area contributed by atoms with Crippen LogP contribution in [-0.2, 0) is 20.8 Å². The van der Waals surface area contributed by atoms with E-state index < -0.39 is 0 Å². The third-order valence-corrected chi connectivity index (χ3v) is 3.54. The molecule has 2 amide bonds. The Hall–Kier alpha value is -1.63. The Bertz CT molecular complexity index is 475. The van der Waals surface area contributed by atoms with Crippen LogP contribution in [0.2, 0.25) is 0 Å². The number of rotatable bonds is 9. The fourth-order valence-electron chi connectivity index (χ4n) is 2.38. The van der Waals surface area contributed by atoms with Crippen molar-refractivity contribution in [2.75, 3.05) is 38.3 Å². The van der Waals surface area contributed by atoms with Gasteiger partial charge in [-0.3, -0.25) is 0 Å². The van der Waals surface area contributed by atoms with Crippen LogP contribution >= 0.6 is 0 Å². The number of carbonyl (C=O) groups is 1. The number of hydrogen-bond acceptors (Lipinski definition) is 4. The minimum Gasteiger partial charge on any atom is -0.379 e. The fraction of sp³-hybridized carbons (Fsp3) is 0.588. The molecule has 0 bridgehead atoms. The van der Waals surface area contributed by atoms with Crippen molar-refractivity contribution in [2.24, 2.45) is 0 Å². The lowest BCUT2D eigenvalue weighted by Crippen LogP contribution is -2.35. The summed E-state index contributed by atoms with van der Waals surface area (Å²) in [6, 6.07) is 7.42. The molecule has 0 spiro atoms. The first-order valence-corrected chi connectivity index (χ1v) is 8.19. The third kappa shape index (κ3) is 6.99. The van der Waals surface area contributed by atoms with Gasteiger partial charge in [-0.2, -0.15) is 0 Å². The molecule has 1 heterocycles. The van der Waals surface area contributed by atoms with Crippen molar-refractivity contribution in [2.45, 2.75) is 32.5 Å². The second-order valence-electron chi connectivity index (χ2n) is 5.42. The topological polar surface area (TPSA) is 68.8 Å². The highest BCUT2D eigenvalue weighted by atomic mass is 16.5. The summed E-state index contributed by atoms with van der Waals surface area (Å²) in [6.07, 6.45) is 2.22. The molecule has 6 nitrogen and oxygen atoms in total. The number of hydrogen-bond donors (Lipinski definition) is 2. The van der Waals surface area contributed by atoms with Crippen LogP contribution in [0.3, 0.4) is 0 Å². The van der Waals surface area contributed by atoms with Crippen molar-refractivity contribution in [1.29, 1.82) is 0 Å². The van der Waals surface area contributed by atoms with Gasteiger partial charge in [-0.15, -0.1) is 0 Å². The zero-order valence-electron chi connectivity index (χ0n) is 13.7. The Balaban J connectivity index is 1.69. The van der Waals surface area contributed by atoms with E-state index in [-0.39, 0.29) is 12.1 Å². The summed E-state index contributed by atoms with van der Waals surface area (Å²) in [5.41, 5.74) is 1.76. The van der Waals surface area contributed by atoms with Crippen LogP contribution in [0, 0.1) is 0 Å². The molecule has 2 rings (SSSR count). The summed E-state index contributed by atoms with van der Waals surface area (Å²) in [5.74, 6) is 0. The molecule has 2 N–H and O–H groups in total. The average molecular weight is 322 g/mol. The molecule has 1 atom stereocenters. The zero-order valence-corrected chi connectivity index (χ0v) is 13.7. The van der Waals surface area contributed by atoms with Gasteiger partial charge in [-0.1, -0.05) is 12.1 Å². The lowest BCUT2D eigenvalue weighted by Gasteiger charge is -2.12. The number of nitrogens with one attached hydrogen (secondary N) is 2. The zero-order chi connectivity index (χ0) is 16.3. The van der Waals surface area contributed by atoms with Gasteiger partial charge in [0.05, 0.1) is 25.9 Å². The van der Waals surface area contributed by atoms with Gasteiger partial charge < -0.3 is 24.8 Å². The van der Waals surface area contributed by atoms with E-state index in [1.54, 1.807) is 0 Å². The summed E-state index contributed by atoms with van der Waals surface area (Å²) < 4.78 is 16.2. The minimum atomic E-state index is -0.213. The molecule has 1 aromatic rings. The smallest absolute Gasteiger partial charge is 0.319 e. The molecule has 0 radical (unpaired) electrons. The Labute approximate surface area is 137 Å².